The number of amides is 1. The van der Waals surface area contributed by atoms with Crippen LogP contribution in [0.3, 0.4) is 0 Å². The third kappa shape index (κ3) is 3.87. The molecule has 0 saturated heterocycles. The first-order chi connectivity index (χ1) is 14.6. The predicted octanol–water partition coefficient (Wildman–Crippen LogP) is 2.78. The molecule has 7 heteroatoms. The molecule has 7 nitrogen and oxygen atoms in total. The molecular formula is C23H25N3O4. The molecule has 0 bridgehead atoms. The molecule has 0 radical (unpaired) electrons. The van der Waals surface area contributed by atoms with Crippen LogP contribution in [0, 0.1) is 0 Å². The first-order valence-electron chi connectivity index (χ1n) is 10.1. The zero-order chi connectivity index (χ0) is 21.1. The van der Waals surface area contributed by atoms with Crippen molar-refractivity contribution in [2.45, 2.75) is 32.4 Å². The van der Waals surface area contributed by atoms with Gasteiger partial charge >= 0.3 is 0 Å². The second-order valence-electron chi connectivity index (χ2n) is 7.41. The Bertz CT molecular complexity index is 1140. The van der Waals surface area contributed by atoms with Crippen LogP contribution in [-0.2, 0) is 24.3 Å². The van der Waals surface area contributed by atoms with E-state index in [1.165, 1.54) is 24.6 Å². The van der Waals surface area contributed by atoms with Gasteiger partial charge in [0.25, 0.3) is 5.56 Å². The van der Waals surface area contributed by atoms with Gasteiger partial charge in [0.15, 0.2) is 11.5 Å². The third-order valence-electron chi connectivity index (χ3n) is 5.60. The number of methoxy groups -OCH3 is 2. The Balaban J connectivity index is 1.42. The lowest BCUT2D eigenvalue weighted by atomic mass is 9.99. The van der Waals surface area contributed by atoms with Gasteiger partial charge in [-0.05, 0) is 30.0 Å². The molecule has 2 aromatic carbocycles. The first-order valence-corrected chi connectivity index (χ1v) is 10.1. The Morgan fingerprint density at radius 1 is 1.10 bits per heavy atom. The minimum Gasteiger partial charge on any atom is -0.493 e. The number of fused-ring (bicyclic) bond motifs is 2. The third-order valence-corrected chi connectivity index (χ3v) is 5.60. The van der Waals surface area contributed by atoms with E-state index in [-0.39, 0.29) is 11.5 Å². The predicted molar refractivity (Wildman–Crippen MR) is 114 cm³/mol. The van der Waals surface area contributed by atoms with Crippen LogP contribution in [0.25, 0.3) is 10.9 Å². The van der Waals surface area contributed by atoms with E-state index in [2.05, 4.69) is 17.1 Å². The molecular weight excluding hydrogens is 382 g/mol. The molecule has 0 unspecified atom stereocenters. The highest BCUT2D eigenvalue weighted by molar-refractivity contribution is 5.81. The average Bonchev–Trinajstić information content (AvgIpc) is 2.79. The highest BCUT2D eigenvalue weighted by Crippen LogP contribution is 2.29. The number of carbonyl (C=O) groups is 1. The molecule has 0 aliphatic carbocycles. The summed E-state index contributed by atoms with van der Waals surface area (Å²) in [5, 5.41) is 0.467. The number of carbonyl (C=O) groups excluding carboxylic acids is 1. The molecule has 3 aromatic rings. The smallest absolute Gasteiger partial charge is 0.261 e. The van der Waals surface area contributed by atoms with Crippen molar-refractivity contribution < 1.29 is 14.3 Å². The Hall–Kier alpha value is -3.35. The van der Waals surface area contributed by atoms with Crippen molar-refractivity contribution in [2.24, 2.45) is 0 Å². The Labute approximate surface area is 174 Å². The van der Waals surface area contributed by atoms with E-state index < -0.39 is 0 Å². The second-order valence-corrected chi connectivity index (χ2v) is 7.41. The molecule has 0 atom stereocenters. The van der Waals surface area contributed by atoms with E-state index in [1.54, 1.807) is 23.8 Å². The van der Waals surface area contributed by atoms with Gasteiger partial charge in [0.2, 0.25) is 5.91 Å². The lowest BCUT2D eigenvalue weighted by Gasteiger charge is -2.29. The number of rotatable bonds is 6. The van der Waals surface area contributed by atoms with Crippen LogP contribution in [0.15, 0.2) is 47.5 Å². The molecule has 30 heavy (non-hydrogen) atoms. The average molecular weight is 407 g/mol. The van der Waals surface area contributed by atoms with Crippen molar-refractivity contribution in [3.63, 3.8) is 0 Å². The normalized spacial score (nSPS) is 13.2. The topological polar surface area (TPSA) is 73.7 Å². The zero-order valence-electron chi connectivity index (χ0n) is 17.3. The SMILES string of the molecule is COc1cc2ncn(CCCC(=O)N3CCc4ccccc4C3)c(=O)c2cc1OC. The summed E-state index contributed by atoms with van der Waals surface area (Å²) in [6.07, 6.45) is 3.40. The number of aromatic nitrogens is 2. The number of ether oxygens (including phenoxy) is 2. The summed E-state index contributed by atoms with van der Waals surface area (Å²) in [4.78, 5) is 31.8. The van der Waals surface area contributed by atoms with Gasteiger partial charge in [-0.25, -0.2) is 4.98 Å². The van der Waals surface area contributed by atoms with E-state index in [0.717, 1.165) is 13.0 Å². The molecule has 1 amide bonds. The summed E-state index contributed by atoms with van der Waals surface area (Å²) in [5.41, 5.74) is 2.94. The van der Waals surface area contributed by atoms with Gasteiger partial charge in [-0.1, -0.05) is 24.3 Å². The Kier molecular flexibility index (Phi) is 5.70. The second kappa shape index (κ2) is 8.57. The van der Waals surface area contributed by atoms with Crippen molar-refractivity contribution >= 4 is 16.8 Å². The number of nitrogens with zero attached hydrogens (tertiary/aromatic N) is 3. The van der Waals surface area contributed by atoms with Crippen LogP contribution in [-0.4, -0.2) is 41.1 Å². The highest BCUT2D eigenvalue weighted by Gasteiger charge is 2.20. The van der Waals surface area contributed by atoms with Crippen molar-refractivity contribution in [3.8, 4) is 11.5 Å². The Morgan fingerprint density at radius 2 is 1.83 bits per heavy atom. The maximum Gasteiger partial charge on any atom is 0.261 e. The van der Waals surface area contributed by atoms with Crippen molar-refractivity contribution in [2.75, 3.05) is 20.8 Å². The van der Waals surface area contributed by atoms with Crippen LogP contribution in [0.4, 0.5) is 0 Å². The molecule has 1 aliphatic heterocycles. The number of aryl methyl sites for hydroxylation is 1. The minimum absolute atomic E-state index is 0.123. The summed E-state index contributed by atoms with van der Waals surface area (Å²) in [5.74, 6) is 1.14. The molecule has 4 rings (SSSR count). The van der Waals surface area contributed by atoms with Gasteiger partial charge in [0, 0.05) is 32.1 Å². The molecule has 0 spiro atoms. The summed E-state index contributed by atoms with van der Waals surface area (Å²) in [6.45, 7) is 1.84. The fraction of sp³-hybridized carbons (Fsp3) is 0.348. The van der Waals surface area contributed by atoms with E-state index in [4.69, 9.17) is 9.47 Å². The maximum atomic E-state index is 12.8. The molecule has 0 N–H and O–H groups in total. The fourth-order valence-corrected chi connectivity index (χ4v) is 3.91. The molecule has 0 fully saturated rings. The summed E-state index contributed by atoms with van der Waals surface area (Å²) in [7, 11) is 3.08. The van der Waals surface area contributed by atoms with E-state index in [9.17, 15) is 9.59 Å². The summed E-state index contributed by atoms with van der Waals surface area (Å²) >= 11 is 0. The quantitative estimate of drug-likeness (QED) is 0.628. The van der Waals surface area contributed by atoms with Gasteiger partial charge in [-0.2, -0.15) is 0 Å². The Morgan fingerprint density at radius 3 is 2.60 bits per heavy atom. The van der Waals surface area contributed by atoms with Crippen molar-refractivity contribution in [1.82, 2.24) is 14.5 Å². The van der Waals surface area contributed by atoms with Gasteiger partial charge in [-0.15, -0.1) is 0 Å². The van der Waals surface area contributed by atoms with Crippen LogP contribution in [0.1, 0.15) is 24.0 Å². The van der Waals surface area contributed by atoms with Crippen LogP contribution in [0.5, 0.6) is 11.5 Å². The van der Waals surface area contributed by atoms with Gasteiger partial charge in [0.05, 0.1) is 31.4 Å². The minimum atomic E-state index is -0.152. The molecule has 2 heterocycles. The van der Waals surface area contributed by atoms with E-state index in [0.29, 0.717) is 48.3 Å². The van der Waals surface area contributed by atoms with Gasteiger partial charge < -0.3 is 14.4 Å². The van der Waals surface area contributed by atoms with Gasteiger partial charge in [-0.3, -0.25) is 14.2 Å². The number of hydrogen-bond donors (Lipinski definition) is 0. The molecule has 0 saturated carbocycles. The lowest BCUT2D eigenvalue weighted by molar-refractivity contribution is -0.132. The zero-order valence-corrected chi connectivity index (χ0v) is 17.3. The number of benzene rings is 2. The lowest BCUT2D eigenvalue weighted by Crippen LogP contribution is -2.36. The van der Waals surface area contributed by atoms with Crippen molar-refractivity contribution in [1.29, 1.82) is 0 Å². The molecule has 156 valence electrons. The van der Waals surface area contributed by atoms with Crippen molar-refractivity contribution in [3.05, 3.63) is 64.2 Å². The van der Waals surface area contributed by atoms with E-state index in [1.807, 2.05) is 17.0 Å². The number of hydrogen-bond acceptors (Lipinski definition) is 5. The van der Waals surface area contributed by atoms with E-state index >= 15 is 0 Å². The highest BCUT2D eigenvalue weighted by atomic mass is 16.5. The molecule has 1 aromatic heterocycles. The van der Waals surface area contributed by atoms with Crippen LogP contribution in [0.2, 0.25) is 0 Å². The van der Waals surface area contributed by atoms with Crippen LogP contribution >= 0.6 is 0 Å². The van der Waals surface area contributed by atoms with Crippen LogP contribution < -0.4 is 15.0 Å². The monoisotopic (exact) mass is 407 g/mol. The largest absolute Gasteiger partial charge is 0.493 e. The fourth-order valence-electron chi connectivity index (χ4n) is 3.91. The standard InChI is InChI=1S/C23H25N3O4/c1-29-20-12-18-19(13-21(20)30-2)24-15-26(23(18)28)10-5-8-22(27)25-11-9-16-6-3-4-7-17(16)14-25/h3-4,6-7,12-13,15H,5,8-11,14H2,1-2H3. The summed E-state index contributed by atoms with van der Waals surface area (Å²) < 4.78 is 12.1. The van der Waals surface area contributed by atoms with Gasteiger partial charge in [0.1, 0.15) is 0 Å². The first kappa shape index (κ1) is 19.9. The maximum absolute atomic E-state index is 12.8. The molecule has 1 aliphatic rings. The summed E-state index contributed by atoms with van der Waals surface area (Å²) in [6, 6.07) is 11.6.